The zero-order valence-corrected chi connectivity index (χ0v) is 19.5. The predicted octanol–water partition coefficient (Wildman–Crippen LogP) is 4.68. The summed E-state index contributed by atoms with van der Waals surface area (Å²) in [6, 6.07) is 16.9. The molecule has 0 fully saturated rings. The van der Waals surface area contributed by atoms with E-state index in [1.54, 1.807) is 45.0 Å². The lowest BCUT2D eigenvalue weighted by molar-refractivity contribution is -0.148. The molecule has 2 unspecified atom stereocenters. The van der Waals surface area contributed by atoms with E-state index < -0.39 is 24.1 Å². The Morgan fingerprint density at radius 3 is 2.21 bits per heavy atom. The number of allylic oxidation sites excluding steroid dienone is 2. The average molecular weight is 456 g/mol. The first-order valence-electron chi connectivity index (χ1n) is 10.9. The SMILES string of the molecule is COC(=O)C1=C(C)NC(C)=C(C(=O)OC(C)n2cc3ccccc3c2)C1c1cccc(C#N)c1. The minimum Gasteiger partial charge on any atom is -0.466 e. The molecule has 4 rings (SSSR count). The first-order valence-corrected chi connectivity index (χ1v) is 10.9. The summed E-state index contributed by atoms with van der Waals surface area (Å²) >= 11 is 0. The van der Waals surface area contributed by atoms with Gasteiger partial charge in [-0.05, 0) is 49.2 Å². The normalized spacial score (nSPS) is 16.6. The van der Waals surface area contributed by atoms with E-state index in [1.165, 1.54) is 7.11 Å². The molecule has 7 heteroatoms. The number of carbonyl (C=O) groups excluding carboxylic acids is 2. The predicted molar refractivity (Wildman–Crippen MR) is 127 cm³/mol. The number of nitrogens with zero attached hydrogens (tertiary/aromatic N) is 2. The Labute approximate surface area is 197 Å². The highest BCUT2D eigenvalue weighted by Gasteiger charge is 2.38. The second-order valence-electron chi connectivity index (χ2n) is 8.20. The van der Waals surface area contributed by atoms with Crippen LogP contribution in [-0.4, -0.2) is 23.6 Å². The minimum absolute atomic E-state index is 0.296. The number of rotatable bonds is 5. The molecule has 0 spiro atoms. The van der Waals surface area contributed by atoms with Crippen LogP contribution in [0.25, 0.3) is 10.8 Å². The van der Waals surface area contributed by atoms with Crippen LogP contribution in [0.2, 0.25) is 0 Å². The topological polar surface area (TPSA) is 93.3 Å². The number of dihydropyridines is 1. The van der Waals surface area contributed by atoms with Crippen molar-refractivity contribution in [1.29, 1.82) is 5.26 Å². The molecule has 0 amide bonds. The molecule has 0 saturated heterocycles. The summed E-state index contributed by atoms with van der Waals surface area (Å²) in [5.74, 6) is -1.86. The third kappa shape index (κ3) is 4.18. The molecule has 7 nitrogen and oxygen atoms in total. The van der Waals surface area contributed by atoms with E-state index in [4.69, 9.17) is 9.47 Å². The second-order valence-corrected chi connectivity index (χ2v) is 8.20. The van der Waals surface area contributed by atoms with E-state index in [0.29, 0.717) is 33.7 Å². The van der Waals surface area contributed by atoms with E-state index in [1.807, 2.05) is 41.2 Å². The lowest BCUT2D eigenvalue weighted by Crippen LogP contribution is -2.32. The maximum absolute atomic E-state index is 13.5. The maximum Gasteiger partial charge on any atom is 0.338 e. The number of nitriles is 1. The number of methoxy groups -OCH3 is 1. The van der Waals surface area contributed by atoms with Gasteiger partial charge in [-0.2, -0.15) is 5.26 Å². The first kappa shape index (κ1) is 22.9. The van der Waals surface area contributed by atoms with Crippen molar-refractivity contribution in [1.82, 2.24) is 9.88 Å². The van der Waals surface area contributed by atoms with Crippen molar-refractivity contribution in [2.24, 2.45) is 0 Å². The number of esters is 2. The summed E-state index contributed by atoms with van der Waals surface area (Å²) in [7, 11) is 1.30. The molecule has 0 bridgehead atoms. The van der Waals surface area contributed by atoms with E-state index in [0.717, 1.165) is 10.8 Å². The number of nitrogens with one attached hydrogen (secondary N) is 1. The molecule has 2 aromatic carbocycles. The van der Waals surface area contributed by atoms with Crippen LogP contribution in [0.3, 0.4) is 0 Å². The zero-order chi connectivity index (χ0) is 24.4. The van der Waals surface area contributed by atoms with Gasteiger partial charge in [-0.3, -0.25) is 0 Å². The molecule has 1 aliphatic heterocycles. The van der Waals surface area contributed by atoms with Crippen LogP contribution in [0.5, 0.6) is 0 Å². The number of hydrogen-bond donors (Lipinski definition) is 1. The van der Waals surface area contributed by atoms with Gasteiger partial charge in [0.2, 0.25) is 0 Å². The number of aromatic nitrogens is 1. The number of fused-ring (bicyclic) bond motifs is 1. The van der Waals surface area contributed by atoms with Crippen LogP contribution in [0.4, 0.5) is 0 Å². The Balaban J connectivity index is 1.73. The molecule has 2 heterocycles. The van der Waals surface area contributed by atoms with Crippen LogP contribution in [0, 0.1) is 11.3 Å². The fourth-order valence-corrected chi connectivity index (χ4v) is 4.36. The van der Waals surface area contributed by atoms with Crippen molar-refractivity contribution in [3.05, 3.63) is 94.6 Å². The Morgan fingerprint density at radius 1 is 1.00 bits per heavy atom. The van der Waals surface area contributed by atoms with Gasteiger partial charge in [0.25, 0.3) is 0 Å². The lowest BCUT2D eigenvalue weighted by atomic mass is 9.80. The molecule has 0 radical (unpaired) electrons. The minimum atomic E-state index is -0.745. The van der Waals surface area contributed by atoms with Crippen molar-refractivity contribution < 1.29 is 19.1 Å². The summed E-state index contributed by atoms with van der Waals surface area (Å²) in [4.78, 5) is 26.3. The summed E-state index contributed by atoms with van der Waals surface area (Å²) in [5.41, 5.74) is 2.81. The maximum atomic E-state index is 13.5. The van der Waals surface area contributed by atoms with Crippen LogP contribution < -0.4 is 5.32 Å². The summed E-state index contributed by atoms with van der Waals surface area (Å²) in [5, 5.41) is 14.6. The molecule has 2 atom stereocenters. The first-order chi connectivity index (χ1) is 16.3. The zero-order valence-electron chi connectivity index (χ0n) is 19.5. The Bertz CT molecular complexity index is 1360. The van der Waals surface area contributed by atoms with E-state index in [-0.39, 0.29) is 0 Å². The van der Waals surface area contributed by atoms with Crippen LogP contribution in [0.15, 0.2) is 83.5 Å². The van der Waals surface area contributed by atoms with Gasteiger partial charge < -0.3 is 19.4 Å². The van der Waals surface area contributed by atoms with E-state index >= 15 is 0 Å². The molecular weight excluding hydrogens is 430 g/mol. The third-order valence-corrected chi connectivity index (χ3v) is 6.00. The molecule has 1 aromatic heterocycles. The lowest BCUT2D eigenvalue weighted by Gasteiger charge is -2.31. The van der Waals surface area contributed by atoms with Crippen molar-refractivity contribution in [3.63, 3.8) is 0 Å². The van der Waals surface area contributed by atoms with Gasteiger partial charge >= 0.3 is 11.9 Å². The van der Waals surface area contributed by atoms with Crippen LogP contribution >= 0.6 is 0 Å². The van der Waals surface area contributed by atoms with Crippen LogP contribution in [0.1, 0.15) is 44.0 Å². The van der Waals surface area contributed by atoms with Gasteiger partial charge in [-0.25, -0.2) is 9.59 Å². The third-order valence-electron chi connectivity index (χ3n) is 6.00. The van der Waals surface area contributed by atoms with E-state index in [9.17, 15) is 14.9 Å². The number of benzene rings is 2. The highest BCUT2D eigenvalue weighted by Crippen LogP contribution is 2.40. The van der Waals surface area contributed by atoms with Gasteiger partial charge in [0.1, 0.15) is 0 Å². The van der Waals surface area contributed by atoms with Crippen LogP contribution in [-0.2, 0) is 19.1 Å². The number of carbonyl (C=O) groups is 2. The molecule has 0 aliphatic carbocycles. The second kappa shape index (κ2) is 9.28. The Morgan fingerprint density at radius 2 is 1.62 bits per heavy atom. The fourth-order valence-electron chi connectivity index (χ4n) is 4.36. The van der Waals surface area contributed by atoms with Crippen molar-refractivity contribution in [2.45, 2.75) is 32.9 Å². The van der Waals surface area contributed by atoms with Gasteiger partial charge in [0.05, 0.1) is 35.8 Å². The highest BCUT2D eigenvalue weighted by molar-refractivity contribution is 6.00. The molecule has 3 aromatic rings. The van der Waals surface area contributed by atoms with Crippen molar-refractivity contribution in [2.75, 3.05) is 7.11 Å². The van der Waals surface area contributed by atoms with Gasteiger partial charge in [0.15, 0.2) is 6.23 Å². The molecular formula is C27H25N3O4. The van der Waals surface area contributed by atoms with E-state index in [2.05, 4.69) is 11.4 Å². The fraction of sp³-hybridized carbons (Fsp3) is 0.222. The number of ether oxygens (including phenoxy) is 2. The highest BCUT2D eigenvalue weighted by atomic mass is 16.6. The molecule has 1 N–H and O–H groups in total. The summed E-state index contributed by atoms with van der Waals surface area (Å²) in [6.45, 7) is 5.31. The Kier molecular flexibility index (Phi) is 6.24. The summed E-state index contributed by atoms with van der Waals surface area (Å²) < 4.78 is 12.7. The molecule has 34 heavy (non-hydrogen) atoms. The standard InChI is InChI=1S/C27H25N3O4/c1-16-23(26(31)33-4)25(20-11-7-8-19(12-20)13-28)24(17(2)29-16)27(32)34-18(3)30-14-21-9-5-6-10-22(21)15-30/h5-12,14-15,18,25,29H,1-4H3. The Hall–Kier alpha value is -4.31. The molecule has 1 aliphatic rings. The van der Waals surface area contributed by atoms with Gasteiger partial charge in [-0.15, -0.1) is 0 Å². The monoisotopic (exact) mass is 455 g/mol. The number of hydrogen-bond acceptors (Lipinski definition) is 6. The van der Waals surface area contributed by atoms with Crippen molar-refractivity contribution in [3.8, 4) is 6.07 Å². The smallest absolute Gasteiger partial charge is 0.338 e. The van der Waals surface area contributed by atoms with Gasteiger partial charge in [0, 0.05) is 23.8 Å². The average Bonchev–Trinajstić information content (AvgIpc) is 3.27. The largest absolute Gasteiger partial charge is 0.466 e. The molecule has 172 valence electrons. The van der Waals surface area contributed by atoms with Gasteiger partial charge in [-0.1, -0.05) is 36.4 Å². The summed E-state index contributed by atoms with van der Waals surface area (Å²) in [6.07, 6.45) is 3.26. The quantitative estimate of drug-likeness (QED) is 0.562. The van der Waals surface area contributed by atoms with Crippen molar-refractivity contribution >= 4 is 22.7 Å². The molecule has 0 saturated carbocycles.